The topological polar surface area (TPSA) is 73.9 Å². The first-order valence-corrected chi connectivity index (χ1v) is 8.64. The SMILES string of the molecule is N#C/C(=C\c1ccccc1OCc1ccccc1C#N)C(=O)c1ccccc1. The van der Waals surface area contributed by atoms with Gasteiger partial charge in [0.2, 0.25) is 5.78 Å². The highest BCUT2D eigenvalue weighted by Gasteiger charge is 2.13. The van der Waals surface area contributed by atoms with Crippen molar-refractivity contribution in [1.82, 2.24) is 0 Å². The second-order valence-electron chi connectivity index (χ2n) is 5.96. The Morgan fingerprint density at radius 1 is 0.893 bits per heavy atom. The Bertz CT molecular complexity index is 1100. The Kier molecular flexibility index (Phi) is 5.98. The molecule has 0 amide bonds. The van der Waals surface area contributed by atoms with E-state index in [1.807, 2.05) is 36.4 Å². The summed E-state index contributed by atoms with van der Waals surface area (Å²) in [4.78, 5) is 12.6. The summed E-state index contributed by atoms with van der Waals surface area (Å²) in [6.07, 6.45) is 1.53. The van der Waals surface area contributed by atoms with E-state index in [1.54, 1.807) is 48.5 Å². The molecule has 0 aromatic heterocycles. The summed E-state index contributed by atoms with van der Waals surface area (Å²) < 4.78 is 5.88. The number of carbonyl (C=O) groups is 1. The summed E-state index contributed by atoms with van der Waals surface area (Å²) in [5, 5.41) is 18.7. The first-order valence-electron chi connectivity index (χ1n) is 8.64. The van der Waals surface area contributed by atoms with Crippen molar-refractivity contribution in [2.24, 2.45) is 0 Å². The zero-order valence-electron chi connectivity index (χ0n) is 15.0. The van der Waals surface area contributed by atoms with Gasteiger partial charge in [-0.25, -0.2) is 0 Å². The first kappa shape index (κ1) is 18.6. The van der Waals surface area contributed by atoms with Crippen LogP contribution in [0, 0.1) is 22.7 Å². The van der Waals surface area contributed by atoms with Gasteiger partial charge < -0.3 is 4.74 Å². The number of para-hydroxylation sites is 1. The van der Waals surface area contributed by atoms with Gasteiger partial charge in [-0.2, -0.15) is 10.5 Å². The van der Waals surface area contributed by atoms with Crippen molar-refractivity contribution in [2.45, 2.75) is 6.61 Å². The lowest BCUT2D eigenvalue weighted by molar-refractivity contribution is 0.104. The largest absolute Gasteiger partial charge is 0.488 e. The quantitative estimate of drug-likeness (QED) is 0.353. The monoisotopic (exact) mass is 364 g/mol. The first-order chi connectivity index (χ1) is 13.7. The van der Waals surface area contributed by atoms with E-state index in [0.29, 0.717) is 22.4 Å². The molecule has 134 valence electrons. The maximum absolute atomic E-state index is 12.6. The summed E-state index contributed by atoms with van der Waals surface area (Å²) >= 11 is 0. The number of benzene rings is 3. The molecule has 0 unspecified atom stereocenters. The lowest BCUT2D eigenvalue weighted by Gasteiger charge is -2.10. The van der Waals surface area contributed by atoms with Crippen LogP contribution in [-0.4, -0.2) is 5.78 Å². The maximum Gasteiger partial charge on any atom is 0.203 e. The van der Waals surface area contributed by atoms with Crippen LogP contribution in [0.2, 0.25) is 0 Å². The molecule has 3 aromatic rings. The Hall–Kier alpha value is -4.15. The van der Waals surface area contributed by atoms with E-state index < -0.39 is 0 Å². The average molecular weight is 364 g/mol. The molecule has 28 heavy (non-hydrogen) atoms. The molecule has 3 aromatic carbocycles. The van der Waals surface area contributed by atoms with Crippen LogP contribution in [-0.2, 0) is 6.61 Å². The number of ketones is 1. The molecule has 0 aliphatic carbocycles. The lowest BCUT2D eigenvalue weighted by Crippen LogP contribution is -2.02. The third-order valence-electron chi connectivity index (χ3n) is 4.14. The van der Waals surface area contributed by atoms with Crippen molar-refractivity contribution in [2.75, 3.05) is 0 Å². The molecule has 0 saturated heterocycles. The van der Waals surface area contributed by atoms with Crippen LogP contribution in [0.15, 0.2) is 84.4 Å². The highest BCUT2D eigenvalue weighted by molar-refractivity contribution is 6.14. The highest BCUT2D eigenvalue weighted by Crippen LogP contribution is 2.23. The number of carbonyl (C=O) groups excluding carboxylic acids is 1. The zero-order chi connectivity index (χ0) is 19.8. The number of ether oxygens (including phenoxy) is 1. The molecular weight excluding hydrogens is 348 g/mol. The Balaban J connectivity index is 1.87. The van der Waals surface area contributed by atoms with Gasteiger partial charge in [-0.3, -0.25) is 4.79 Å². The van der Waals surface area contributed by atoms with Crippen molar-refractivity contribution in [3.63, 3.8) is 0 Å². The number of hydrogen-bond donors (Lipinski definition) is 0. The minimum atomic E-state index is -0.340. The third-order valence-corrected chi connectivity index (χ3v) is 4.14. The molecule has 0 radical (unpaired) electrons. The summed E-state index contributed by atoms with van der Waals surface area (Å²) in [5.74, 6) is 0.191. The van der Waals surface area contributed by atoms with Crippen LogP contribution in [0.5, 0.6) is 5.75 Å². The van der Waals surface area contributed by atoms with E-state index in [4.69, 9.17) is 4.74 Å². The summed E-state index contributed by atoms with van der Waals surface area (Å²) in [5.41, 5.74) is 2.42. The van der Waals surface area contributed by atoms with Gasteiger partial charge in [0.05, 0.1) is 11.6 Å². The van der Waals surface area contributed by atoms with Gasteiger partial charge >= 0.3 is 0 Å². The van der Waals surface area contributed by atoms with E-state index >= 15 is 0 Å². The van der Waals surface area contributed by atoms with Crippen molar-refractivity contribution in [3.8, 4) is 17.9 Å². The fraction of sp³-hybridized carbons (Fsp3) is 0.0417. The van der Waals surface area contributed by atoms with Crippen LogP contribution >= 0.6 is 0 Å². The number of rotatable bonds is 6. The van der Waals surface area contributed by atoms with Gasteiger partial charge in [0.25, 0.3) is 0 Å². The smallest absolute Gasteiger partial charge is 0.203 e. The average Bonchev–Trinajstić information content (AvgIpc) is 2.77. The molecular formula is C24H16N2O2. The van der Waals surface area contributed by atoms with E-state index in [-0.39, 0.29) is 18.0 Å². The van der Waals surface area contributed by atoms with Gasteiger partial charge in [-0.1, -0.05) is 66.7 Å². The van der Waals surface area contributed by atoms with Crippen LogP contribution in [0.3, 0.4) is 0 Å². The number of nitriles is 2. The fourth-order valence-corrected chi connectivity index (χ4v) is 2.69. The number of Topliss-reactive ketones (excluding diaryl/α,β-unsaturated/α-hetero) is 1. The molecule has 0 heterocycles. The fourth-order valence-electron chi connectivity index (χ4n) is 2.69. The molecule has 0 aliphatic rings. The molecule has 0 aliphatic heterocycles. The molecule has 4 nitrogen and oxygen atoms in total. The highest BCUT2D eigenvalue weighted by atomic mass is 16.5. The van der Waals surface area contributed by atoms with Gasteiger partial charge in [0.15, 0.2) is 0 Å². The predicted octanol–water partition coefficient (Wildman–Crippen LogP) is 4.93. The number of nitrogens with zero attached hydrogens (tertiary/aromatic N) is 2. The molecule has 0 bridgehead atoms. The Labute approximate surface area is 163 Å². The third kappa shape index (κ3) is 4.33. The molecule has 0 N–H and O–H groups in total. The molecule has 0 saturated carbocycles. The van der Waals surface area contributed by atoms with Crippen LogP contribution in [0.4, 0.5) is 0 Å². The normalized spacial score (nSPS) is 10.6. The number of hydrogen-bond acceptors (Lipinski definition) is 4. The molecule has 3 rings (SSSR count). The molecule has 0 spiro atoms. The van der Waals surface area contributed by atoms with Crippen LogP contribution < -0.4 is 4.74 Å². The maximum atomic E-state index is 12.6. The molecule has 4 heteroatoms. The van der Waals surface area contributed by atoms with E-state index in [2.05, 4.69) is 6.07 Å². The van der Waals surface area contributed by atoms with E-state index in [0.717, 1.165) is 5.56 Å². The Morgan fingerprint density at radius 2 is 1.57 bits per heavy atom. The van der Waals surface area contributed by atoms with E-state index in [1.165, 1.54) is 6.08 Å². The van der Waals surface area contributed by atoms with Crippen molar-refractivity contribution in [1.29, 1.82) is 10.5 Å². The van der Waals surface area contributed by atoms with Crippen molar-refractivity contribution < 1.29 is 9.53 Å². The second kappa shape index (κ2) is 8.98. The minimum absolute atomic E-state index is 0.0275. The molecule has 0 fully saturated rings. The van der Waals surface area contributed by atoms with Gasteiger partial charge in [-0.05, 0) is 18.2 Å². The van der Waals surface area contributed by atoms with Gasteiger partial charge in [0.1, 0.15) is 24.0 Å². The second-order valence-corrected chi connectivity index (χ2v) is 5.96. The van der Waals surface area contributed by atoms with Crippen LogP contribution in [0.1, 0.15) is 27.0 Å². The molecule has 0 atom stereocenters. The lowest BCUT2D eigenvalue weighted by atomic mass is 10.0. The van der Waals surface area contributed by atoms with Crippen molar-refractivity contribution in [3.05, 3.63) is 107 Å². The minimum Gasteiger partial charge on any atom is -0.488 e. The number of allylic oxidation sites excluding steroid dienone is 1. The summed E-state index contributed by atoms with van der Waals surface area (Å²) in [6, 6.07) is 27.2. The summed E-state index contributed by atoms with van der Waals surface area (Å²) in [6.45, 7) is 0.211. The standard InChI is InChI=1S/C24H16N2O2/c25-15-20-11-4-5-12-21(20)17-28-23-13-7-6-10-19(23)14-22(16-26)24(27)18-8-2-1-3-9-18/h1-14H,17H2/b22-14+. The zero-order valence-corrected chi connectivity index (χ0v) is 15.0. The van der Waals surface area contributed by atoms with Crippen molar-refractivity contribution >= 4 is 11.9 Å². The van der Waals surface area contributed by atoms with Gasteiger partial charge in [0, 0.05) is 16.7 Å². The Morgan fingerprint density at radius 3 is 2.32 bits per heavy atom. The van der Waals surface area contributed by atoms with Gasteiger partial charge in [-0.15, -0.1) is 0 Å². The summed E-state index contributed by atoms with van der Waals surface area (Å²) in [7, 11) is 0. The predicted molar refractivity (Wildman–Crippen MR) is 106 cm³/mol. The van der Waals surface area contributed by atoms with E-state index in [9.17, 15) is 15.3 Å². The van der Waals surface area contributed by atoms with Crippen LogP contribution in [0.25, 0.3) is 6.08 Å².